The van der Waals surface area contributed by atoms with E-state index in [1.54, 1.807) is 17.4 Å². The molecule has 37 heavy (non-hydrogen) atoms. The molecule has 2 aliphatic rings. The van der Waals surface area contributed by atoms with Crippen molar-refractivity contribution >= 4 is 53.0 Å². The molecule has 184 valence electrons. The smallest absolute Gasteiger partial charge is 0.230 e. The summed E-state index contributed by atoms with van der Waals surface area (Å²) in [5, 5.41) is 13.1. The Hall–Kier alpha value is -4.36. The summed E-state index contributed by atoms with van der Waals surface area (Å²) in [6.07, 6.45) is 10.4. The number of amides is 1. The topological polar surface area (TPSA) is 73.5 Å². The molecule has 0 saturated heterocycles. The number of benzene rings is 2. The van der Waals surface area contributed by atoms with Gasteiger partial charge in [-0.2, -0.15) is 10.2 Å². The largest absolute Gasteiger partial charge is 0.288 e. The highest BCUT2D eigenvalue weighted by Gasteiger charge is 2.20. The second kappa shape index (κ2) is 11.1. The quantitative estimate of drug-likeness (QED) is 0.316. The summed E-state index contributed by atoms with van der Waals surface area (Å²) in [4.78, 5) is 20.4. The van der Waals surface area contributed by atoms with Gasteiger partial charge in [-0.25, -0.2) is 5.01 Å². The first-order valence-electron chi connectivity index (χ1n) is 11.9. The highest BCUT2D eigenvalue weighted by Crippen LogP contribution is 2.31. The number of amidine groups is 1. The van der Waals surface area contributed by atoms with Gasteiger partial charge in [0.25, 0.3) is 0 Å². The third kappa shape index (κ3) is 5.73. The molecule has 0 N–H and O–H groups in total. The van der Waals surface area contributed by atoms with E-state index in [4.69, 9.17) is 16.7 Å². The predicted octanol–water partition coefficient (Wildman–Crippen LogP) is 5.41. The molecule has 0 spiro atoms. The fourth-order valence-electron chi connectivity index (χ4n) is 4.24. The van der Waals surface area contributed by atoms with Crippen LogP contribution < -0.4 is 0 Å². The summed E-state index contributed by atoms with van der Waals surface area (Å²) in [7, 11) is 1.83. The molecular formula is C29H25ClN6O. The Labute approximate surface area is 220 Å². The van der Waals surface area contributed by atoms with E-state index in [2.05, 4.69) is 27.2 Å². The van der Waals surface area contributed by atoms with Crippen LogP contribution in [0.4, 0.5) is 0 Å². The van der Waals surface area contributed by atoms with Crippen molar-refractivity contribution in [2.24, 2.45) is 15.2 Å². The minimum atomic E-state index is 0.346. The SMILES string of the molecule is CN1N=CC(c2ccc(Cl)cc2)=C(c2ccncc2)C/C1=N/N(C=O)Cc1ccc(C2=CC=NC2)cc1. The van der Waals surface area contributed by atoms with Gasteiger partial charge in [-0.05, 0) is 63.7 Å². The number of aliphatic imine (C=N–C) groups is 1. The van der Waals surface area contributed by atoms with Crippen molar-refractivity contribution in [1.82, 2.24) is 15.0 Å². The van der Waals surface area contributed by atoms with Gasteiger partial charge in [-0.1, -0.05) is 48.0 Å². The maximum absolute atomic E-state index is 12.0. The van der Waals surface area contributed by atoms with Gasteiger partial charge in [0.05, 0.1) is 19.3 Å². The van der Waals surface area contributed by atoms with Gasteiger partial charge < -0.3 is 0 Å². The zero-order valence-corrected chi connectivity index (χ0v) is 21.1. The number of rotatable bonds is 7. The number of hydrogen-bond acceptors (Lipinski definition) is 5. The Balaban J connectivity index is 1.44. The van der Waals surface area contributed by atoms with Crippen LogP contribution in [0.25, 0.3) is 16.7 Å². The molecule has 3 aromatic rings. The van der Waals surface area contributed by atoms with Gasteiger partial charge in [0.2, 0.25) is 6.41 Å². The number of allylic oxidation sites excluding steroid dienone is 2. The Kier molecular flexibility index (Phi) is 7.33. The van der Waals surface area contributed by atoms with E-state index in [-0.39, 0.29) is 0 Å². The molecular weight excluding hydrogens is 484 g/mol. The van der Waals surface area contributed by atoms with E-state index in [1.165, 1.54) is 10.6 Å². The maximum atomic E-state index is 12.0. The summed E-state index contributed by atoms with van der Waals surface area (Å²) in [5.74, 6) is 0.643. The molecule has 0 radical (unpaired) electrons. The lowest BCUT2D eigenvalue weighted by atomic mass is 9.93. The lowest BCUT2D eigenvalue weighted by Gasteiger charge is -2.19. The first-order valence-corrected chi connectivity index (χ1v) is 12.2. The van der Waals surface area contributed by atoms with Crippen molar-refractivity contribution in [3.8, 4) is 0 Å². The molecule has 0 saturated carbocycles. The molecule has 0 bridgehead atoms. The molecule has 0 aliphatic carbocycles. The van der Waals surface area contributed by atoms with Gasteiger partial charge in [0, 0.05) is 42.7 Å². The van der Waals surface area contributed by atoms with Crippen LogP contribution in [0.5, 0.6) is 0 Å². The summed E-state index contributed by atoms with van der Waals surface area (Å²) >= 11 is 6.13. The molecule has 7 nitrogen and oxygen atoms in total. The van der Waals surface area contributed by atoms with E-state index in [0.29, 0.717) is 30.4 Å². The first-order chi connectivity index (χ1) is 18.1. The molecule has 3 heterocycles. The molecule has 0 fully saturated rings. The van der Waals surface area contributed by atoms with Crippen molar-refractivity contribution < 1.29 is 4.79 Å². The van der Waals surface area contributed by atoms with Gasteiger partial charge in [0.1, 0.15) is 5.84 Å². The second-order valence-electron chi connectivity index (χ2n) is 8.68. The monoisotopic (exact) mass is 508 g/mol. The number of hydrogen-bond donors (Lipinski definition) is 0. The number of carbonyl (C=O) groups is 1. The van der Waals surface area contributed by atoms with E-state index >= 15 is 0 Å². The predicted molar refractivity (Wildman–Crippen MR) is 150 cm³/mol. The minimum Gasteiger partial charge on any atom is -0.288 e. The molecule has 2 aromatic carbocycles. The number of hydrazone groups is 2. The summed E-state index contributed by atoms with van der Waals surface area (Å²) in [6.45, 7) is 1.05. The number of pyridine rings is 1. The third-order valence-electron chi connectivity index (χ3n) is 6.26. The molecule has 0 atom stereocenters. The Morgan fingerprint density at radius 1 is 1.00 bits per heavy atom. The van der Waals surface area contributed by atoms with Gasteiger partial charge in [0.15, 0.2) is 0 Å². The average molecular weight is 509 g/mol. The van der Waals surface area contributed by atoms with Crippen molar-refractivity contribution in [1.29, 1.82) is 0 Å². The van der Waals surface area contributed by atoms with Crippen LogP contribution in [-0.2, 0) is 11.3 Å². The van der Waals surface area contributed by atoms with E-state index in [9.17, 15) is 4.79 Å². The van der Waals surface area contributed by atoms with Crippen LogP contribution in [-0.4, -0.2) is 53.3 Å². The molecule has 0 unspecified atom stereocenters. The van der Waals surface area contributed by atoms with Crippen LogP contribution in [0.1, 0.15) is 28.7 Å². The van der Waals surface area contributed by atoms with Crippen molar-refractivity contribution in [3.63, 3.8) is 0 Å². The van der Waals surface area contributed by atoms with Crippen LogP contribution in [0, 0.1) is 0 Å². The van der Waals surface area contributed by atoms with Gasteiger partial charge >= 0.3 is 0 Å². The zero-order valence-electron chi connectivity index (χ0n) is 20.3. The van der Waals surface area contributed by atoms with Crippen LogP contribution in [0.3, 0.4) is 0 Å². The molecule has 1 amide bonds. The van der Waals surface area contributed by atoms with Gasteiger partial charge in [-0.15, -0.1) is 0 Å². The maximum Gasteiger partial charge on any atom is 0.230 e. The molecule has 2 aliphatic heterocycles. The van der Waals surface area contributed by atoms with E-state index in [1.807, 2.05) is 74.1 Å². The summed E-state index contributed by atoms with van der Waals surface area (Å²) in [5.41, 5.74) is 7.27. The van der Waals surface area contributed by atoms with Crippen LogP contribution in [0.2, 0.25) is 5.02 Å². The van der Waals surface area contributed by atoms with Crippen molar-refractivity contribution in [3.05, 3.63) is 106 Å². The fourth-order valence-corrected chi connectivity index (χ4v) is 4.36. The normalized spacial score (nSPS) is 16.2. The fraction of sp³-hybridized carbons (Fsp3) is 0.138. The Morgan fingerprint density at radius 2 is 1.73 bits per heavy atom. The lowest BCUT2D eigenvalue weighted by Crippen LogP contribution is -2.26. The zero-order chi connectivity index (χ0) is 25.6. The van der Waals surface area contributed by atoms with E-state index < -0.39 is 0 Å². The van der Waals surface area contributed by atoms with Crippen LogP contribution >= 0.6 is 11.6 Å². The van der Waals surface area contributed by atoms with Crippen LogP contribution in [0.15, 0.2) is 94.3 Å². The van der Waals surface area contributed by atoms with Crippen molar-refractivity contribution in [2.45, 2.75) is 13.0 Å². The second-order valence-corrected chi connectivity index (χ2v) is 9.11. The molecule has 5 rings (SSSR count). The summed E-state index contributed by atoms with van der Waals surface area (Å²) in [6, 6.07) is 19.7. The highest BCUT2D eigenvalue weighted by atomic mass is 35.5. The number of carbonyl (C=O) groups excluding carboxylic acids is 1. The average Bonchev–Trinajstić information content (AvgIpc) is 3.42. The standard InChI is InChI=1S/C29H25ClN6O/c1-35-29(34-36(20-37)19-21-2-4-22(5-3-21)25-12-15-32-17-25)16-27(24-10-13-31-14-11-24)28(18-33-35)23-6-8-26(30)9-7-23/h2-15,18,20H,16-17,19H2,1H3/b34-29-. The minimum absolute atomic E-state index is 0.346. The molecule has 8 heteroatoms. The van der Waals surface area contributed by atoms with Gasteiger partial charge in [-0.3, -0.25) is 19.8 Å². The molecule has 1 aromatic heterocycles. The Morgan fingerprint density at radius 3 is 2.41 bits per heavy atom. The Bertz CT molecular complexity index is 1420. The van der Waals surface area contributed by atoms with E-state index in [0.717, 1.165) is 39.8 Å². The number of aromatic nitrogens is 1. The summed E-state index contributed by atoms with van der Waals surface area (Å²) < 4.78 is 0. The van der Waals surface area contributed by atoms with Crippen molar-refractivity contribution in [2.75, 3.05) is 13.6 Å². The lowest BCUT2D eigenvalue weighted by molar-refractivity contribution is -0.118. The highest BCUT2D eigenvalue weighted by molar-refractivity contribution is 6.30. The first kappa shape index (κ1) is 24.3. The number of halogens is 1. The third-order valence-corrected chi connectivity index (χ3v) is 6.51. The number of nitrogens with zero attached hydrogens (tertiary/aromatic N) is 6.